The molecule has 0 aromatic heterocycles. The lowest BCUT2D eigenvalue weighted by Gasteiger charge is -2.38. The van der Waals surface area contributed by atoms with Crippen LogP contribution in [-0.4, -0.2) is 34.4 Å². The molecule has 1 aliphatic heterocycles. The largest absolute Gasteiger partial charge is 0.409 e. The normalized spacial score (nSPS) is 23.3. The Balaban J connectivity index is 2.87. The van der Waals surface area contributed by atoms with Crippen molar-refractivity contribution >= 4 is 11.7 Å². The number of rotatable bonds is 1. The van der Waals surface area contributed by atoms with Crippen molar-refractivity contribution in [1.29, 1.82) is 0 Å². The zero-order valence-electron chi connectivity index (χ0n) is 10.2. The molecule has 1 unspecified atom stereocenters. The summed E-state index contributed by atoms with van der Waals surface area (Å²) in [5, 5.41) is 11.7. The first kappa shape index (κ1) is 12.8. The highest BCUT2D eigenvalue weighted by Crippen LogP contribution is 2.24. The summed E-state index contributed by atoms with van der Waals surface area (Å²) in [5.74, 6) is 0.195. The third-order valence-electron chi connectivity index (χ3n) is 2.86. The number of piperidine rings is 1. The molecule has 0 aromatic rings. The summed E-state index contributed by atoms with van der Waals surface area (Å²) in [6, 6.07) is -0.245. The predicted molar refractivity (Wildman–Crippen MR) is 62.2 cm³/mol. The first-order valence-corrected chi connectivity index (χ1v) is 5.66. The molecule has 0 aromatic carbocycles. The van der Waals surface area contributed by atoms with E-state index in [2.05, 4.69) is 5.16 Å². The van der Waals surface area contributed by atoms with E-state index in [-0.39, 0.29) is 17.8 Å². The van der Waals surface area contributed by atoms with Gasteiger partial charge in [0.15, 0.2) is 5.84 Å². The summed E-state index contributed by atoms with van der Waals surface area (Å²) in [5.41, 5.74) is 5.20. The fourth-order valence-electron chi connectivity index (χ4n) is 1.98. The van der Waals surface area contributed by atoms with Gasteiger partial charge in [-0.25, -0.2) is 0 Å². The number of carbonyl (C=O) groups is 1. The van der Waals surface area contributed by atoms with Crippen molar-refractivity contribution in [2.45, 2.75) is 46.1 Å². The standard InChI is InChI=1S/C11H21N3O2/c1-11(2,3)10(15)14-7-5-4-6-8(14)9(12)13-16/h8,16H,4-7H2,1-3H3,(H2,12,13). The molecule has 92 valence electrons. The Kier molecular flexibility index (Phi) is 3.78. The van der Waals surface area contributed by atoms with E-state index in [1.807, 2.05) is 20.8 Å². The van der Waals surface area contributed by atoms with Crippen LogP contribution in [0.1, 0.15) is 40.0 Å². The highest BCUT2D eigenvalue weighted by Gasteiger charge is 2.35. The first-order chi connectivity index (χ1) is 7.38. The molecule has 0 spiro atoms. The Morgan fingerprint density at radius 3 is 2.56 bits per heavy atom. The van der Waals surface area contributed by atoms with Crippen molar-refractivity contribution in [2.75, 3.05) is 6.54 Å². The molecule has 1 saturated heterocycles. The van der Waals surface area contributed by atoms with E-state index in [1.54, 1.807) is 4.90 Å². The van der Waals surface area contributed by atoms with Crippen LogP contribution in [0.3, 0.4) is 0 Å². The topological polar surface area (TPSA) is 78.9 Å². The second-order valence-electron chi connectivity index (χ2n) is 5.28. The average Bonchev–Trinajstić information content (AvgIpc) is 2.25. The third kappa shape index (κ3) is 2.65. The lowest BCUT2D eigenvalue weighted by Crippen LogP contribution is -2.53. The molecule has 0 aliphatic carbocycles. The highest BCUT2D eigenvalue weighted by atomic mass is 16.4. The van der Waals surface area contributed by atoms with Gasteiger partial charge in [-0.2, -0.15) is 0 Å². The number of oxime groups is 1. The van der Waals surface area contributed by atoms with Crippen molar-refractivity contribution in [2.24, 2.45) is 16.3 Å². The molecule has 1 heterocycles. The number of likely N-dealkylation sites (tertiary alicyclic amines) is 1. The van der Waals surface area contributed by atoms with E-state index in [9.17, 15) is 4.79 Å². The molecule has 1 fully saturated rings. The molecule has 16 heavy (non-hydrogen) atoms. The van der Waals surface area contributed by atoms with Crippen LogP contribution in [-0.2, 0) is 4.79 Å². The Morgan fingerprint density at radius 1 is 1.44 bits per heavy atom. The average molecular weight is 227 g/mol. The molecule has 3 N–H and O–H groups in total. The fraction of sp³-hybridized carbons (Fsp3) is 0.818. The summed E-state index contributed by atoms with van der Waals surface area (Å²) in [6.45, 7) is 6.34. The number of nitrogens with two attached hydrogens (primary N) is 1. The van der Waals surface area contributed by atoms with Crippen molar-refractivity contribution in [1.82, 2.24) is 4.90 Å². The predicted octanol–water partition coefficient (Wildman–Crippen LogP) is 1.16. The van der Waals surface area contributed by atoms with Crippen molar-refractivity contribution in [3.63, 3.8) is 0 Å². The van der Waals surface area contributed by atoms with Gasteiger partial charge in [-0.1, -0.05) is 25.9 Å². The van der Waals surface area contributed by atoms with Crippen LogP contribution in [0.5, 0.6) is 0 Å². The monoisotopic (exact) mass is 227 g/mol. The van der Waals surface area contributed by atoms with E-state index < -0.39 is 5.41 Å². The molecule has 1 aliphatic rings. The van der Waals surface area contributed by atoms with Crippen molar-refractivity contribution in [3.05, 3.63) is 0 Å². The van der Waals surface area contributed by atoms with Crippen LogP contribution >= 0.6 is 0 Å². The maximum Gasteiger partial charge on any atom is 0.228 e. The molecule has 0 bridgehead atoms. The van der Waals surface area contributed by atoms with Gasteiger partial charge in [0.25, 0.3) is 0 Å². The molecule has 0 radical (unpaired) electrons. The minimum atomic E-state index is -0.425. The Bertz CT molecular complexity index is 294. The molecular formula is C11H21N3O2. The number of hydrogen-bond donors (Lipinski definition) is 2. The zero-order valence-corrected chi connectivity index (χ0v) is 10.2. The molecule has 5 nitrogen and oxygen atoms in total. The molecule has 1 atom stereocenters. The number of amidine groups is 1. The second-order valence-corrected chi connectivity index (χ2v) is 5.28. The van der Waals surface area contributed by atoms with Crippen LogP contribution in [0.25, 0.3) is 0 Å². The van der Waals surface area contributed by atoms with Crippen molar-refractivity contribution in [3.8, 4) is 0 Å². The second kappa shape index (κ2) is 4.72. The summed E-state index contributed by atoms with van der Waals surface area (Å²) in [7, 11) is 0. The van der Waals surface area contributed by atoms with E-state index in [0.29, 0.717) is 6.54 Å². The lowest BCUT2D eigenvalue weighted by molar-refractivity contribution is -0.141. The maximum absolute atomic E-state index is 12.2. The molecule has 1 rings (SSSR count). The number of carbonyl (C=O) groups excluding carboxylic acids is 1. The molecule has 1 amide bonds. The zero-order chi connectivity index (χ0) is 12.3. The van der Waals surface area contributed by atoms with E-state index in [0.717, 1.165) is 19.3 Å². The lowest BCUT2D eigenvalue weighted by atomic mass is 9.91. The number of amides is 1. The summed E-state index contributed by atoms with van der Waals surface area (Å²) in [4.78, 5) is 13.9. The van der Waals surface area contributed by atoms with Crippen LogP contribution < -0.4 is 5.73 Å². The minimum Gasteiger partial charge on any atom is -0.409 e. The van der Waals surface area contributed by atoms with Gasteiger partial charge in [0.2, 0.25) is 5.91 Å². The minimum absolute atomic E-state index is 0.0591. The van der Waals surface area contributed by atoms with Gasteiger partial charge in [0.1, 0.15) is 0 Å². The van der Waals surface area contributed by atoms with Gasteiger partial charge in [-0.05, 0) is 19.3 Å². The van der Waals surface area contributed by atoms with Gasteiger partial charge in [0, 0.05) is 12.0 Å². The first-order valence-electron chi connectivity index (χ1n) is 5.66. The maximum atomic E-state index is 12.2. The van der Waals surface area contributed by atoms with E-state index in [4.69, 9.17) is 10.9 Å². The summed E-state index contributed by atoms with van der Waals surface area (Å²) < 4.78 is 0. The smallest absolute Gasteiger partial charge is 0.228 e. The summed E-state index contributed by atoms with van der Waals surface area (Å²) >= 11 is 0. The molecule has 5 heteroatoms. The Morgan fingerprint density at radius 2 is 2.06 bits per heavy atom. The van der Waals surface area contributed by atoms with Crippen LogP contribution in [0.15, 0.2) is 5.16 Å². The highest BCUT2D eigenvalue weighted by molar-refractivity contribution is 5.91. The molecular weight excluding hydrogens is 206 g/mol. The number of nitrogens with zero attached hydrogens (tertiary/aromatic N) is 2. The Hall–Kier alpha value is -1.26. The van der Waals surface area contributed by atoms with Gasteiger partial charge in [-0.3, -0.25) is 4.79 Å². The summed E-state index contributed by atoms with van der Waals surface area (Å²) in [6.07, 6.45) is 2.77. The van der Waals surface area contributed by atoms with Crippen LogP contribution in [0.4, 0.5) is 0 Å². The van der Waals surface area contributed by atoms with Gasteiger partial charge >= 0.3 is 0 Å². The van der Waals surface area contributed by atoms with Gasteiger partial charge in [0.05, 0.1) is 6.04 Å². The third-order valence-corrected chi connectivity index (χ3v) is 2.86. The van der Waals surface area contributed by atoms with Gasteiger partial charge < -0.3 is 15.8 Å². The number of hydrogen-bond acceptors (Lipinski definition) is 3. The van der Waals surface area contributed by atoms with E-state index >= 15 is 0 Å². The van der Waals surface area contributed by atoms with Crippen molar-refractivity contribution < 1.29 is 10.0 Å². The van der Waals surface area contributed by atoms with Gasteiger partial charge in [-0.15, -0.1) is 0 Å². The van der Waals surface area contributed by atoms with Crippen LogP contribution in [0.2, 0.25) is 0 Å². The fourth-order valence-corrected chi connectivity index (χ4v) is 1.98. The van der Waals surface area contributed by atoms with E-state index in [1.165, 1.54) is 0 Å². The quantitative estimate of drug-likeness (QED) is 0.305. The Labute approximate surface area is 96.3 Å². The molecule has 0 saturated carbocycles. The van der Waals surface area contributed by atoms with Crippen LogP contribution in [0, 0.1) is 5.41 Å². The SMILES string of the molecule is CC(C)(C)C(=O)N1CCCCC1C(N)=NO.